The quantitative estimate of drug-likeness (QED) is 0.506. The highest BCUT2D eigenvalue weighted by Gasteiger charge is 3.13. The number of fused-ring (bicyclic) bond motifs is 5. The van der Waals surface area contributed by atoms with Crippen molar-refractivity contribution < 1.29 is 14.3 Å². The van der Waals surface area contributed by atoms with Crippen molar-refractivity contribution in [3.05, 3.63) is 23.3 Å². The van der Waals surface area contributed by atoms with Gasteiger partial charge in [0.2, 0.25) is 0 Å². The Kier molecular flexibility index (Phi) is 3.10. The van der Waals surface area contributed by atoms with Gasteiger partial charge in [0.05, 0.1) is 0 Å². The van der Waals surface area contributed by atoms with Gasteiger partial charge in [-0.05, 0) is 121 Å². The summed E-state index contributed by atoms with van der Waals surface area (Å²) in [7, 11) is 0. The Morgan fingerprint density at radius 3 is 2.68 bits per heavy atom. The molecule has 14 atom stereocenters. The molecule has 3 nitrogen and oxygen atoms in total. The molecule has 0 N–H and O–H groups in total. The minimum absolute atomic E-state index is 0.0378. The molecule has 0 amide bonds. The number of carbonyl (C=O) groups is 2. The lowest BCUT2D eigenvalue weighted by Gasteiger charge is -2.49. The maximum atomic E-state index is 13.5. The Balaban J connectivity index is 1.05. The van der Waals surface area contributed by atoms with Crippen LogP contribution >= 0.6 is 0 Å². The van der Waals surface area contributed by atoms with E-state index >= 15 is 0 Å². The molecule has 0 aromatic rings. The van der Waals surface area contributed by atoms with Crippen LogP contribution in [0, 0.1) is 74.9 Å². The molecule has 7 saturated carbocycles. The fourth-order valence-corrected chi connectivity index (χ4v) is 13.5. The summed E-state index contributed by atoms with van der Waals surface area (Å²) in [5.41, 5.74) is 3.46. The van der Waals surface area contributed by atoms with Gasteiger partial charge in [-0.25, -0.2) is 4.79 Å². The first-order valence-electron chi connectivity index (χ1n) is 14.4. The van der Waals surface area contributed by atoms with E-state index in [1.165, 1.54) is 37.7 Å². The number of cyclic esters (lactones) is 1. The van der Waals surface area contributed by atoms with Gasteiger partial charge < -0.3 is 4.74 Å². The van der Waals surface area contributed by atoms with E-state index in [1.54, 1.807) is 0 Å². The second-order valence-corrected chi connectivity index (χ2v) is 14.4. The molecule has 7 fully saturated rings. The molecule has 0 aromatic heterocycles. The lowest BCUT2D eigenvalue weighted by atomic mass is 9.54. The zero-order valence-electron chi connectivity index (χ0n) is 21.1. The average molecular weight is 459 g/mol. The van der Waals surface area contributed by atoms with Gasteiger partial charge in [-0.15, -0.1) is 0 Å². The molecule has 0 radical (unpaired) electrons. The van der Waals surface area contributed by atoms with Crippen molar-refractivity contribution in [1.29, 1.82) is 0 Å². The third kappa shape index (κ3) is 1.57. The van der Waals surface area contributed by atoms with E-state index in [1.807, 2.05) is 6.08 Å². The van der Waals surface area contributed by atoms with Crippen LogP contribution < -0.4 is 0 Å². The molecule has 14 unspecified atom stereocenters. The Morgan fingerprint density at radius 1 is 1.09 bits per heavy atom. The molecule has 1 heterocycles. The number of hydrogen-bond donors (Lipinski definition) is 0. The lowest BCUT2D eigenvalue weighted by molar-refractivity contribution is -0.151. The van der Waals surface area contributed by atoms with E-state index < -0.39 is 0 Å². The number of hydrogen-bond acceptors (Lipinski definition) is 3. The molecular weight excluding hydrogens is 420 g/mol. The zero-order chi connectivity index (χ0) is 23.2. The van der Waals surface area contributed by atoms with Crippen molar-refractivity contribution in [3.8, 4) is 0 Å². The van der Waals surface area contributed by atoms with Crippen LogP contribution in [0.4, 0.5) is 0 Å². The van der Waals surface area contributed by atoms with E-state index in [0.29, 0.717) is 33.9 Å². The number of carbonyl (C=O) groups excluding carboxylic acids is 2. The minimum atomic E-state index is -0.0597. The van der Waals surface area contributed by atoms with Crippen molar-refractivity contribution in [2.75, 3.05) is 0 Å². The predicted molar refractivity (Wildman–Crippen MR) is 127 cm³/mol. The zero-order valence-corrected chi connectivity index (χ0v) is 21.1. The second-order valence-electron chi connectivity index (χ2n) is 14.4. The van der Waals surface area contributed by atoms with Crippen LogP contribution in [0.5, 0.6) is 0 Å². The highest BCUT2D eigenvalue weighted by atomic mass is 16.5. The lowest BCUT2D eigenvalue weighted by Crippen LogP contribution is -2.48. The van der Waals surface area contributed by atoms with Crippen molar-refractivity contribution >= 4 is 11.8 Å². The first kappa shape index (κ1) is 19.8. The largest absolute Gasteiger partial charge is 0.458 e. The smallest absolute Gasteiger partial charge is 0.334 e. The van der Waals surface area contributed by atoms with Gasteiger partial charge in [0.15, 0.2) is 5.78 Å². The third-order valence-corrected chi connectivity index (χ3v) is 14.5. The summed E-state index contributed by atoms with van der Waals surface area (Å²) in [6.07, 6.45) is 12.8. The fourth-order valence-electron chi connectivity index (χ4n) is 13.5. The van der Waals surface area contributed by atoms with Gasteiger partial charge in [0, 0.05) is 17.4 Å². The topological polar surface area (TPSA) is 43.4 Å². The van der Waals surface area contributed by atoms with E-state index in [9.17, 15) is 9.59 Å². The van der Waals surface area contributed by atoms with Crippen molar-refractivity contribution in [1.82, 2.24) is 0 Å². The van der Waals surface area contributed by atoms with E-state index in [-0.39, 0.29) is 17.5 Å². The summed E-state index contributed by atoms with van der Waals surface area (Å²) in [5, 5.41) is 0. The summed E-state index contributed by atoms with van der Waals surface area (Å²) in [6, 6.07) is 0. The van der Waals surface area contributed by atoms with Crippen LogP contribution in [-0.4, -0.2) is 17.9 Å². The Morgan fingerprint density at radius 2 is 1.91 bits per heavy atom. The van der Waals surface area contributed by atoms with E-state index in [2.05, 4.69) is 33.8 Å². The first-order chi connectivity index (χ1) is 16.3. The van der Waals surface area contributed by atoms with Gasteiger partial charge in [-0.2, -0.15) is 0 Å². The standard InChI is InChI=1S/C31H38O3/c1-5-16-14(2)12-23(34-27(16)33)15(3)17-6-7-18-21-13-22-25-19-8-9-24(32)31(29(19,22)25)26-20(30(21,26)31)10-11-28(17,18)4/h8-9,15,17-23,25-26H,5-7,10-13H2,1-4H3. The molecule has 180 valence electrons. The van der Waals surface area contributed by atoms with Crippen LogP contribution in [-0.2, 0) is 14.3 Å². The van der Waals surface area contributed by atoms with Gasteiger partial charge in [0.1, 0.15) is 6.10 Å². The highest BCUT2D eigenvalue weighted by Crippen LogP contribution is 3.14. The molecule has 0 aromatic carbocycles. The first-order valence-corrected chi connectivity index (χ1v) is 14.4. The van der Waals surface area contributed by atoms with Crippen molar-refractivity contribution in [2.24, 2.45) is 74.9 Å². The number of rotatable bonds is 3. The Labute approximate surface area is 203 Å². The molecule has 3 heteroatoms. The Hall–Kier alpha value is -1.38. The monoisotopic (exact) mass is 458 g/mol. The summed E-state index contributed by atoms with van der Waals surface area (Å²) in [5.74, 6) is 7.20. The van der Waals surface area contributed by atoms with Crippen LogP contribution in [0.15, 0.2) is 23.3 Å². The maximum absolute atomic E-state index is 13.5. The summed E-state index contributed by atoms with van der Waals surface area (Å²) < 4.78 is 6.09. The van der Waals surface area contributed by atoms with Crippen LogP contribution in [0.1, 0.15) is 72.6 Å². The molecule has 9 aliphatic rings. The number of esters is 1. The van der Waals surface area contributed by atoms with Crippen LogP contribution in [0.2, 0.25) is 0 Å². The average Bonchev–Trinajstić information content (AvgIpc) is 3.71. The second kappa shape index (κ2) is 5.32. The number of ether oxygens (including phenoxy) is 1. The number of ketones is 1. The van der Waals surface area contributed by atoms with Crippen LogP contribution in [0.3, 0.4) is 0 Å². The predicted octanol–water partition coefficient (Wildman–Crippen LogP) is 5.74. The minimum Gasteiger partial charge on any atom is -0.458 e. The van der Waals surface area contributed by atoms with E-state index in [4.69, 9.17) is 4.74 Å². The van der Waals surface area contributed by atoms with Gasteiger partial charge in [-0.1, -0.05) is 32.4 Å². The summed E-state index contributed by atoms with van der Waals surface area (Å²) in [6.45, 7) is 9.21. The molecule has 0 saturated heterocycles. The maximum Gasteiger partial charge on any atom is 0.334 e. The molecule has 8 aliphatic carbocycles. The fraction of sp³-hybridized carbons (Fsp3) is 0.806. The van der Waals surface area contributed by atoms with Gasteiger partial charge >= 0.3 is 5.97 Å². The third-order valence-electron chi connectivity index (χ3n) is 14.5. The molecule has 1 aliphatic heterocycles. The van der Waals surface area contributed by atoms with Gasteiger partial charge in [-0.3, -0.25) is 4.79 Å². The molecule has 9 rings (SSSR count). The Bertz CT molecular complexity index is 1160. The molecular formula is C31H38O3. The van der Waals surface area contributed by atoms with Crippen molar-refractivity contribution in [3.63, 3.8) is 0 Å². The molecule has 0 bridgehead atoms. The molecule has 34 heavy (non-hydrogen) atoms. The number of allylic oxidation sites excluding steroid dienone is 2. The van der Waals surface area contributed by atoms with Crippen LogP contribution in [0.25, 0.3) is 0 Å². The van der Waals surface area contributed by atoms with Crippen molar-refractivity contribution in [2.45, 2.75) is 78.7 Å². The SMILES string of the molecule is CCC1=C(C)CC(C(C)C2CCC3C4CC5C6C7C=CC(=O)C8(C9C(CCC23C)C498)C756)OC1=O. The molecule has 3 spiro atoms. The normalized spacial score (nSPS) is 63.5. The summed E-state index contributed by atoms with van der Waals surface area (Å²) >= 11 is 0. The van der Waals surface area contributed by atoms with E-state index in [0.717, 1.165) is 59.8 Å². The summed E-state index contributed by atoms with van der Waals surface area (Å²) in [4.78, 5) is 26.3. The highest BCUT2D eigenvalue weighted by molar-refractivity contribution is 6.05. The van der Waals surface area contributed by atoms with Gasteiger partial charge in [0.25, 0.3) is 0 Å².